The zero-order valence-corrected chi connectivity index (χ0v) is 25.3. The zero-order valence-electron chi connectivity index (χ0n) is 22.1. The summed E-state index contributed by atoms with van der Waals surface area (Å²) in [5.41, 5.74) is 3.82. The van der Waals surface area contributed by atoms with Crippen LogP contribution in [0.2, 0.25) is 0 Å². The van der Waals surface area contributed by atoms with E-state index in [1.807, 2.05) is 32.9 Å². The van der Waals surface area contributed by atoms with Crippen molar-refractivity contribution in [1.82, 2.24) is 0 Å². The SMILES string of the molecule is Cc1ccc(S(=O)(=O)N(CC(=O)Nc2ccc(S(=O)(=O)Nc3ccc(C)cc3C)cc2)c2cccc(Br)c2)cc1. The highest BCUT2D eigenvalue weighted by atomic mass is 79.9. The summed E-state index contributed by atoms with van der Waals surface area (Å²) in [6.07, 6.45) is 0. The Hall–Kier alpha value is -3.67. The average molecular weight is 643 g/mol. The van der Waals surface area contributed by atoms with Crippen LogP contribution in [-0.2, 0) is 24.8 Å². The number of hydrogen-bond donors (Lipinski definition) is 2. The van der Waals surface area contributed by atoms with Gasteiger partial charge in [-0.1, -0.05) is 57.4 Å². The fourth-order valence-corrected chi connectivity index (χ4v) is 6.89. The lowest BCUT2D eigenvalue weighted by atomic mass is 10.1. The molecule has 0 atom stereocenters. The monoisotopic (exact) mass is 641 g/mol. The van der Waals surface area contributed by atoms with E-state index in [1.165, 1.54) is 36.4 Å². The molecule has 2 N–H and O–H groups in total. The molecular weight excluding hydrogens is 614 g/mol. The molecule has 0 aliphatic carbocycles. The average Bonchev–Trinajstić information content (AvgIpc) is 2.89. The molecule has 1 amide bonds. The molecule has 8 nitrogen and oxygen atoms in total. The van der Waals surface area contributed by atoms with Crippen molar-refractivity contribution in [2.45, 2.75) is 30.6 Å². The topological polar surface area (TPSA) is 113 Å². The number of halogens is 1. The van der Waals surface area contributed by atoms with Crippen LogP contribution in [0.5, 0.6) is 0 Å². The van der Waals surface area contributed by atoms with Gasteiger partial charge in [0.05, 0.1) is 21.2 Å². The lowest BCUT2D eigenvalue weighted by Crippen LogP contribution is -2.38. The molecule has 11 heteroatoms. The van der Waals surface area contributed by atoms with E-state index < -0.39 is 32.5 Å². The van der Waals surface area contributed by atoms with Crippen LogP contribution in [-0.4, -0.2) is 29.3 Å². The van der Waals surface area contributed by atoms with Gasteiger partial charge < -0.3 is 5.32 Å². The van der Waals surface area contributed by atoms with E-state index in [9.17, 15) is 21.6 Å². The van der Waals surface area contributed by atoms with Crippen LogP contribution in [0.1, 0.15) is 16.7 Å². The first-order valence-electron chi connectivity index (χ1n) is 12.2. The van der Waals surface area contributed by atoms with Crippen molar-refractivity contribution in [3.8, 4) is 0 Å². The van der Waals surface area contributed by atoms with Crippen LogP contribution in [0.3, 0.4) is 0 Å². The minimum absolute atomic E-state index is 0.0168. The molecule has 0 fully saturated rings. The Morgan fingerprint density at radius 2 is 1.40 bits per heavy atom. The molecule has 0 spiro atoms. The molecular formula is C29H28BrN3O5S2. The van der Waals surface area contributed by atoms with Gasteiger partial charge in [-0.05, 0) is 87.0 Å². The van der Waals surface area contributed by atoms with Crippen LogP contribution in [0, 0.1) is 20.8 Å². The molecule has 4 rings (SSSR count). The quantitative estimate of drug-likeness (QED) is 0.232. The number of anilines is 3. The van der Waals surface area contributed by atoms with E-state index in [4.69, 9.17) is 0 Å². The van der Waals surface area contributed by atoms with Gasteiger partial charge in [0.25, 0.3) is 20.0 Å². The first-order valence-corrected chi connectivity index (χ1v) is 15.9. The molecule has 0 bridgehead atoms. The third-order valence-electron chi connectivity index (χ3n) is 6.07. The number of sulfonamides is 2. The van der Waals surface area contributed by atoms with Crippen LogP contribution in [0.4, 0.5) is 17.1 Å². The van der Waals surface area contributed by atoms with Gasteiger partial charge in [0.1, 0.15) is 6.54 Å². The molecule has 0 aliphatic heterocycles. The minimum Gasteiger partial charge on any atom is -0.325 e. The van der Waals surface area contributed by atoms with E-state index in [0.717, 1.165) is 21.0 Å². The number of nitrogens with zero attached hydrogens (tertiary/aromatic N) is 1. The summed E-state index contributed by atoms with van der Waals surface area (Å²) in [5.74, 6) is -0.598. The van der Waals surface area contributed by atoms with Crippen LogP contribution >= 0.6 is 15.9 Å². The summed E-state index contributed by atoms with van der Waals surface area (Å²) in [5, 5.41) is 2.66. The van der Waals surface area contributed by atoms with E-state index >= 15 is 0 Å². The normalized spacial score (nSPS) is 11.6. The number of carbonyl (C=O) groups excluding carboxylic acids is 1. The fraction of sp³-hybridized carbons (Fsp3) is 0.138. The predicted molar refractivity (Wildman–Crippen MR) is 162 cm³/mol. The molecule has 4 aromatic rings. The minimum atomic E-state index is -4.07. The lowest BCUT2D eigenvalue weighted by molar-refractivity contribution is -0.114. The van der Waals surface area contributed by atoms with Gasteiger partial charge in [-0.2, -0.15) is 0 Å². The number of amides is 1. The summed E-state index contributed by atoms with van der Waals surface area (Å²) in [4.78, 5) is 13.1. The van der Waals surface area contributed by atoms with E-state index in [-0.39, 0.29) is 9.79 Å². The lowest BCUT2D eigenvalue weighted by Gasteiger charge is -2.24. The van der Waals surface area contributed by atoms with Crippen molar-refractivity contribution >= 4 is 58.9 Å². The molecule has 4 aromatic carbocycles. The zero-order chi connectivity index (χ0) is 29.1. The van der Waals surface area contributed by atoms with Crippen molar-refractivity contribution in [2.75, 3.05) is 20.9 Å². The van der Waals surface area contributed by atoms with Gasteiger partial charge in [-0.15, -0.1) is 0 Å². The Morgan fingerprint density at radius 1 is 0.775 bits per heavy atom. The Balaban J connectivity index is 1.53. The largest absolute Gasteiger partial charge is 0.325 e. The van der Waals surface area contributed by atoms with E-state index in [2.05, 4.69) is 26.0 Å². The maximum atomic E-state index is 13.5. The molecule has 0 radical (unpaired) electrons. The van der Waals surface area contributed by atoms with Gasteiger partial charge in [0.15, 0.2) is 0 Å². The number of carbonyl (C=O) groups is 1. The van der Waals surface area contributed by atoms with Crippen LogP contribution in [0.15, 0.2) is 105 Å². The number of rotatable bonds is 9. The molecule has 0 aliphatic rings. The van der Waals surface area contributed by atoms with Crippen LogP contribution < -0.4 is 14.3 Å². The van der Waals surface area contributed by atoms with Crippen molar-refractivity contribution in [2.24, 2.45) is 0 Å². The summed E-state index contributed by atoms with van der Waals surface area (Å²) < 4.78 is 57.1. The Labute approximate surface area is 243 Å². The highest BCUT2D eigenvalue weighted by Crippen LogP contribution is 2.27. The summed E-state index contributed by atoms with van der Waals surface area (Å²) >= 11 is 3.36. The number of hydrogen-bond acceptors (Lipinski definition) is 5. The predicted octanol–water partition coefficient (Wildman–Crippen LogP) is 6.01. The molecule has 0 aromatic heterocycles. The van der Waals surface area contributed by atoms with Gasteiger partial charge in [-0.3, -0.25) is 13.8 Å². The smallest absolute Gasteiger partial charge is 0.264 e. The Bertz CT molecular complexity index is 1760. The standard InChI is InChI=1S/C29H28BrN3O5S2/c1-20-7-12-27(13-8-20)40(37,38)33(25-6-4-5-23(30)18-25)19-29(34)31-24-10-14-26(15-11-24)39(35,36)32-28-16-9-21(2)17-22(28)3/h4-18,32H,19H2,1-3H3,(H,31,34). The first-order chi connectivity index (χ1) is 18.8. The molecule has 40 heavy (non-hydrogen) atoms. The first kappa shape index (κ1) is 29.3. The summed E-state index contributed by atoms with van der Waals surface area (Å²) in [6.45, 7) is 5.10. The molecule has 0 saturated heterocycles. The third-order valence-corrected chi connectivity index (χ3v) is 9.73. The van der Waals surface area contributed by atoms with Crippen molar-refractivity contribution in [3.05, 3.63) is 112 Å². The Morgan fingerprint density at radius 3 is 2.02 bits per heavy atom. The second kappa shape index (κ2) is 11.8. The van der Waals surface area contributed by atoms with Crippen molar-refractivity contribution in [1.29, 1.82) is 0 Å². The molecule has 0 heterocycles. The van der Waals surface area contributed by atoms with Gasteiger partial charge in [0, 0.05) is 10.2 Å². The van der Waals surface area contributed by atoms with Crippen molar-refractivity contribution in [3.63, 3.8) is 0 Å². The van der Waals surface area contributed by atoms with Crippen molar-refractivity contribution < 1.29 is 21.6 Å². The highest BCUT2D eigenvalue weighted by molar-refractivity contribution is 9.10. The molecule has 0 unspecified atom stereocenters. The fourth-order valence-electron chi connectivity index (χ4n) is 3.96. The summed E-state index contributed by atoms with van der Waals surface area (Å²) in [7, 11) is -7.93. The number of benzene rings is 4. The second-order valence-corrected chi connectivity index (χ2v) is 13.8. The van der Waals surface area contributed by atoms with Gasteiger partial charge in [0.2, 0.25) is 5.91 Å². The third kappa shape index (κ3) is 6.90. The number of aryl methyl sites for hydroxylation is 3. The van der Waals surface area contributed by atoms with Gasteiger partial charge >= 0.3 is 0 Å². The highest BCUT2D eigenvalue weighted by Gasteiger charge is 2.27. The molecule has 208 valence electrons. The maximum Gasteiger partial charge on any atom is 0.264 e. The van der Waals surface area contributed by atoms with Gasteiger partial charge in [-0.25, -0.2) is 16.8 Å². The maximum absolute atomic E-state index is 13.5. The number of nitrogens with one attached hydrogen (secondary N) is 2. The summed E-state index contributed by atoms with van der Waals surface area (Å²) in [6, 6.07) is 24.1. The van der Waals surface area contributed by atoms with E-state index in [0.29, 0.717) is 21.5 Å². The Kier molecular flexibility index (Phi) is 8.67. The van der Waals surface area contributed by atoms with Crippen LogP contribution in [0.25, 0.3) is 0 Å². The second-order valence-electron chi connectivity index (χ2n) is 9.30. The molecule has 0 saturated carbocycles. The van der Waals surface area contributed by atoms with E-state index in [1.54, 1.807) is 42.5 Å².